The summed E-state index contributed by atoms with van der Waals surface area (Å²) in [5, 5.41) is 19.1. The van der Waals surface area contributed by atoms with Crippen molar-refractivity contribution < 1.29 is 37.7 Å². The third-order valence-electron chi connectivity index (χ3n) is 5.65. The van der Waals surface area contributed by atoms with Crippen LogP contribution in [-0.2, 0) is 9.47 Å². The smallest absolute Gasteiger partial charge is 0.397 e. The Labute approximate surface area is 192 Å². The van der Waals surface area contributed by atoms with Gasteiger partial charge in [-0.15, -0.1) is 0 Å². The molecule has 5 unspecified atom stereocenters. The van der Waals surface area contributed by atoms with E-state index in [1.54, 1.807) is 45.9 Å². The number of carboxylic acids is 1. The van der Waals surface area contributed by atoms with Crippen molar-refractivity contribution in [3.63, 3.8) is 0 Å². The van der Waals surface area contributed by atoms with E-state index in [1.165, 1.54) is 6.08 Å². The van der Waals surface area contributed by atoms with Gasteiger partial charge in [0, 0.05) is 5.92 Å². The number of aromatic carboxylic acids is 1. The Balaban J connectivity index is 2.21. The molecule has 1 aliphatic rings. The molecule has 1 aromatic carbocycles. The molecule has 33 heavy (non-hydrogen) atoms. The maximum absolute atomic E-state index is 13.2. The van der Waals surface area contributed by atoms with Crippen molar-refractivity contribution in [2.45, 2.75) is 78.2 Å². The van der Waals surface area contributed by atoms with Gasteiger partial charge in [-0.2, -0.15) is 13.2 Å². The summed E-state index contributed by atoms with van der Waals surface area (Å²) in [5.41, 5.74) is 2.41. The van der Waals surface area contributed by atoms with E-state index in [0.29, 0.717) is 17.5 Å². The van der Waals surface area contributed by atoms with Crippen LogP contribution in [0.2, 0.25) is 0 Å². The Morgan fingerprint density at radius 3 is 2.36 bits per heavy atom. The van der Waals surface area contributed by atoms with Crippen LogP contribution in [0.25, 0.3) is 6.08 Å². The van der Waals surface area contributed by atoms with Crippen LogP contribution in [0.5, 0.6) is 0 Å². The van der Waals surface area contributed by atoms with Crippen LogP contribution in [0, 0.1) is 25.7 Å². The monoisotopic (exact) mass is 470 g/mol. The molecule has 8 heteroatoms. The lowest BCUT2D eigenvalue weighted by atomic mass is 9.93. The van der Waals surface area contributed by atoms with Crippen molar-refractivity contribution in [3.8, 4) is 0 Å². The lowest BCUT2D eigenvalue weighted by Gasteiger charge is -2.23. The van der Waals surface area contributed by atoms with Gasteiger partial charge in [0.05, 0.1) is 29.8 Å². The first-order valence-corrected chi connectivity index (χ1v) is 10.9. The molecular formula is C25H33F3O5. The van der Waals surface area contributed by atoms with Gasteiger partial charge < -0.3 is 19.7 Å². The van der Waals surface area contributed by atoms with Crippen LogP contribution < -0.4 is 0 Å². The minimum atomic E-state index is -4.55. The van der Waals surface area contributed by atoms with Gasteiger partial charge in [0.2, 0.25) is 0 Å². The Morgan fingerprint density at radius 1 is 1.18 bits per heavy atom. The second-order valence-electron chi connectivity index (χ2n) is 9.18. The number of aryl methyl sites for hydroxylation is 2. The number of alkyl halides is 3. The Bertz CT molecular complexity index is 902. The van der Waals surface area contributed by atoms with Crippen molar-refractivity contribution >= 4 is 12.0 Å². The van der Waals surface area contributed by atoms with Crippen LogP contribution in [0.3, 0.4) is 0 Å². The first-order valence-electron chi connectivity index (χ1n) is 10.9. The molecule has 184 valence electrons. The number of aliphatic hydroxyl groups excluding tert-OH is 1. The number of hydrogen-bond acceptors (Lipinski definition) is 4. The van der Waals surface area contributed by atoms with Gasteiger partial charge in [-0.3, -0.25) is 0 Å². The number of carboxylic acid groups (broad SMARTS) is 1. The molecular weight excluding hydrogens is 437 g/mol. The normalized spacial score (nSPS) is 23.8. The first kappa shape index (κ1) is 27.1. The van der Waals surface area contributed by atoms with E-state index in [2.05, 4.69) is 0 Å². The van der Waals surface area contributed by atoms with Crippen LogP contribution in [0.1, 0.15) is 61.2 Å². The molecule has 1 fully saturated rings. The van der Waals surface area contributed by atoms with E-state index in [-0.39, 0.29) is 5.56 Å². The molecule has 1 aromatic rings. The number of halogens is 3. The molecule has 0 saturated carbocycles. The van der Waals surface area contributed by atoms with Crippen molar-refractivity contribution in [1.29, 1.82) is 0 Å². The summed E-state index contributed by atoms with van der Waals surface area (Å²) in [5.74, 6) is -4.30. The Kier molecular flexibility index (Phi) is 8.54. The molecule has 1 aliphatic heterocycles. The zero-order chi connectivity index (χ0) is 25.1. The third-order valence-corrected chi connectivity index (χ3v) is 5.65. The maximum atomic E-state index is 13.2. The highest BCUT2D eigenvalue weighted by molar-refractivity contribution is 5.94. The van der Waals surface area contributed by atoms with Crippen molar-refractivity contribution in [3.05, 3.63) is 52.6 Å². The molecule has 2 N–H and O–H groups in total. The van der Waals surface area contributed by atoms with E-state index >= 15 is 0 Å². The standard InChI is InChI=1S/C25H33F3O5/c1-14-12-16(3)21(23(30)31)18(13-14)8-7-9-20-22(33-24(5,6)32-20)15(2)10-11-19(17(4)29)25(26,27)28/h7-8,10-13,15,17,19-20,22,29H,9H2,1-6H3,(H,30,31)/b8-7+,11-10-. The molecule has 0 aliphatic carbocycles. The summed E-state index contributed by atoms with van der Waals surface area (Å²) in [6.45, 7) is 9.96. The molecule has 0 amide bonds. The largest absolute Gasteiger partial charge is 0.478 e. The molecule has 1 heterocycles. The Morgan fingerprint density at radius 2 is 1.82 bits per heavy atom. The number of rotatable bonds is 8. The number of ether oxygens (including phenoxy) is 2. The fraction of sp³-hybridized carbons (Fsp3) is 0.560. The molecule has 2 rings (SSSR count). The van der Waals surface area contributed by atoms with Gasteiger partial charge in [0.15, 0.2) is 5.79 Å². The number of hydrogen-bond donors (Lipinski definition) is 2. The quantitative estimate of drug-likeness (QED) is 0.479. The Hall–Kier alpha value is -2.16. The minimum absolute atomic E-state index is 0.227. The van der Waals surface area contributed by atoms with Gasteiger partial charge in [-0.25, -0.2) is 4.79 Å². The topological polar surface area (TPSA) is 76.0 Å². The van der Waals surface area contributed by atoms with E-state index in [0.717, 1.165) is 18.6 Å². The lowest BCUT2D eigenvalue weighted by molar-refractivity contribution is -0.182. The van der Waals surface area contributed by atoms with Crippen molar-refractivity contribution in [2.24, 2.45) is 11.8 Å². The maximum Gasteiger partial charge on any atom is 0.397 e. The average molecular weight is 471 g/mol. The highest BCUT2D eigenvalue weighted by Crippen LogP contribution is 2.36. The predicted octanol–water partition coefficient (Wildman–Crippen LogP) is 5.68. The predicted molar refractivity (Wildman–Crippen MR) is 120 cm³/mol. The van der Waals surface area contributed by atoms with Crippen molar-refractivity contribution in [1.82, 2.24) is 0 Å². The van der Waals surface area contributed by atoms with Crippen LogP contribution in [0.4, 0.5) is 13.2 Å². The van der Waals surface area contributed by atoms with Gasteiger partial charge in [-0.05, 0) is 52.2 Å². The molecule has 0 radical (unpaired) electrons. The van der Waals surface area contributed by atoms with E-state index in [4.69, 9.17) is 9.47 Å². The molecule has 5 atom stereocenters. The molecule has 0 spiro atoms. The number of benzene rings is 1. The number of aliphatic hydroxyl groups is 1. The summed E-state index contributed by atoms with van der Waals surface area (Å²) < 4.78 is 51.4. The summed E-state index contributed by atoms with van der Waals surface area (Å²) in [6.07, 6.45) is -0.769. The van der Waals surface area contributed by atoms with Gasteiger partial charge >= 0.3 is 12.1 Å². The van der Waals surface area contributed by atoms with Crippen LogP contribution >= 0.6 is 0 Å². The lowest BCUT2D eigenvalue weighted by Crippen LogP contribution is -2.32. The second kappa shape index (κ2) is 10.4. The molecule has 0 aromatic heterocycles. The number of carbonyl (C=O) groups is 1. The highest BCUT2D eigenvalue weighted by atomic mass is 19.4. The summed E-state index contributed by atoms with van der Waals surface area (Å²) in [4.78, 5) is 11.7. The zero-order valence-electron chi connectivity index (χ0n) is 19.8. The summed E-state index contributed by atoms with van der Waals surface area (Å²) in [6, 6.07) is 3.60. The minimum Gasteiger partial charge on any atom is -0.478 e. The molecule has 1 saturated heterocycles. The van der Waals surface area contributed by atoms with E-state index in [1.807, 2.05) is 13.0 Å². The van der Waals surface area contributed by atoms with Crippen molar-refractivity contribution in [2.75, 3.05) is 0 Å². The average Bonchev–Trinajstić information content (AvgIpc) is 2.94. The van der Waals surface area contributed by atoms with E-state index in [9.17, 15) is 28.2 Å². The first-order chi connectivity index (χ1) is 15.1. The van der Waals surface area contributed by atoms with Gasteiger partial charge in [-0.1, -0.05) is 48.9 Å². The summed E-state index contributed by atoms with van der Waals surface area (Å²) in [7, 11) is 0. The highest BCUT2D eigenvalue weighted by Gasteiger charge is 2.44. The fourth-order valence-corrected chi connectivity index (χ4v) is 4.19. The SMILES string of the molecule is Cc1cc(C)c(C(=O)O)c(/C=C/CC2OC(C)(C)OC2C(C)/C=C\C(C(C)O)C(F)(F)F)c1. The van der Waals surface area contributed by atoms with Crippen LogP contribution in [-0.4, -0.2) is 46.5 Å². The summed E-state index contributed by atoms with van der Waals surface area (Å²) >= 11 is 0. The van der Waals surface area contributed by atoms with Crippen LogP contribution in [0.15, 0.2) is 30.4 Å². The molecule has 5 nitrogen and oxygen atoms in total. The zero-order valence-corrected chi connectivity index (χ0v) is 19.8. The van der Waals surface area contributed by atoms with Gasteiger partial charge in [0.1, 0.15) is 0 Å². The molecule has 0 bridgehead atoms. The van der Waals surface area contributed by atoms with Gasteiger partial charge in [0.25, 0.3) is 0 Å². The fourth-order valence-electron chi connectivity index (χ4n) is 4.19. The van der Waals surface area contributed by atoms with E-state index < -0.39 is 48.1 Å². The third kappa shape index (κ3) is 7.16. The second-order valence-corrected chi connectivity index (χ2v) is 9.18.